The first kappa shape index (κ1) is 21.1. The predicted octanol–water partition coefficient (Wildman–Crippen LogP) is 3.22. The van der Waals surface area contributed by atoms with E-state index in [9.17, 15) is 14.4 Å². The molecule has 3 aromatic rings. The monoisotopic (exact) mass is 463 g/mol. The van der Waals surface area contributed by atoms with Gasteiger partial charge in [-0.3, -0.25) is 19.3 Å². The highest BCUT2D eigenvalue weighted by atomic mass is 32.1. The lowest BCUT2D eigenvalue weighted by Crippen LogP contribution is -2.38. The fourth-order valence-electron chi connectivity index (χ4n) is 3.41. The summed E-state index contributed by atoms with van der Waals surface area (Å²) in [5.74, 6) is 0.465. The Morgan fingerprint density at radius 3 is 2.79 bits per heavy atom. The number of ketones is 1. The Balaban J connectivity index is 1.31. The maximum atomic E-state index is 12.7. The summed E-state index contributed by atoms with van der Waals surface area (Å²) in [6.07, 6.45) is 2.00. The number of thiazole rings is 1. The lowest BCUT2D eigenvalue weighted by Gasteiger charge is -2.29. The van der Waals surface area contributed by atoms with Crippen LogP contribution in [0.5, 0.6) is 11.5 Å². The van der Waals surface area contributed by atoms with Gasteiger partial charge in [-0.2, -0.15) is 0 Å². The molecule has 0 spiro atoms. The molecule has 33 heavy (non-hydrogen) atoms. The van der Waals surface area contributed by atoms with Gasteiger partial charge < -0.3 is 14.8 Å². The average Bonchev–Trinajstić information content (AvgIpc) is 3.53. The third kappa shape index (κ3) is 4.88. The Kier molecular flexibility index (Phi) is 5.78. The lowest BCUT2D eigenvalue weighted by atomic mass is 10.1. The average molecular weight is 464 g/mol. The van der Waals surface area contributed by atoms with Gasteiger partial charge in [0.15, 0.2) is 19.0 Å². The van der Waals surface area contributed by atoms with Crippen LogP contribution < -0.4 is 19.7 Å². The highest BCUT2D eigenvalue weighted by Crippen LogP contribution is 2.34. The first-order valence-corrected chi connectivity index (χ1v) is 11.5. The van der Waals surface area contributed by atoms with Gasteiger partial charge in [0.05, 0.1) is 12.2 Å². The summed E-state index contributed by atoms with van der Waals surface area (Å²) in [7, 11) is 0. The number of amides is 2. The van der Waals surface area contributed by atoms with Crippen LogP contribution in [0.3, 0.4) is 0 Å². The number of nitrogens with one attached hydrogen (secondary N) is 1. The third-order valence-electron chi connectivity index (χ3n) is 5.33. The molecule has 2 amide bonds. The van der Waals surface area contributed by atoms with Crippen LogP contribution in [0.1, 0.15) is 38.7 Å². The van der Waals surface area contributed by atoms with Crippen LogP contribution in [-0.4, -0.2) is 41.8 Å². The number of hydrogen-bond acceptors (Lipinski definition) is 7. The largest absolute Gasteiger partial charge is 0.485 e. The Hall–Kier alpha value is -3.72. The van der Waals surface area contributed by atoms with Gasteiger partial charge in [0.25, 0.3) is 11.8 Å². The third-order valence-corrected chi connectivity index (χ3v) is 6.16. The Labute approximate surface area is 194 Å². The molecule has 5 rings (SSSR count). The number of ether oxygens (including phenoxy) is 2. The molecule has 0 unspecified atom stereocenters. The van der Waals surface area contributed by atoms with Crippen LogP contribution in [-0.2, 0) is 11.3 Å². The molecular weight excluding hydrogens is 442 g/mol. The van der Waals surface area contributed by atoms with E-state index in [0.717, 1.165) is 12.8 Å². The van der Waals surface area contributed by atoms with Gasteiger partial charge in [-0.25, -0.2) is 4.98 Å². The molecule has 2 aliphatic rings. The topological polar surface area (TPSA) is 97.8 Å². The fourth-order valence-corrected chi connectivity index (χ4v) is 4.17. The van der Waals surface area contributed by atoms with Crippen molar-refractivity contribution in [2.45, 2.75) is 25.4 Å². The molecular formula is C24H21N3O5S. The summed E-state index contributed by atoms with van der Waals surface area (Å²) in [6.45, 7) is -0.0317. The van der Waals surface area contributed by atoms with Crippen molar-refractivity contribution < 1.29 is 23.9 Å². The van der Waals surface area contributed by atoms with Crippen molar-refractivity contribution in [1.82, 2.24) is 10.3 Å². The van der Waals surface area contributed by atoms with E-state index in [-0.39, 0.29) is 43.4 Å². The number of nitrogens with zero attached hydrogens (tertiary/aromatic N) is 2. The maximum Gasteiger partial charge on any atom is 0.270 e. The van der Waals surface area contributed by atoms with Crippen molar-refractivity contribution in [1.29, 1.82) is 0 Å². The summed E-state index contributed by atoms with van der Waals surface area (Å²) >= 11 is 1.32. The minimum atomic E-state index is -0.244. The number of benzene rings is 2. The van der Waals surface area contributed by atoms with E-state index in [1.807, 2.05) is 18.2 Å². The molecule has 1 aliphatic carbocycles. The molecule has 168 valence electrons. The van der Waals surface area contributed by atoms with Gasteiger partial charge >= 0.3 is 0 Å². The van der Waals surface area contributed by atoms with Gasteiger partial charge in [-0.15, -0.1) is 11.3 Å². The normalized spacial score (nSPS) is 14.9. The maximum absolute atomic E-state index is 12.7. The number of para-hydroxylation sites is 1. The number of hydrogen-bond donors (Lipinski definition) is 1. The molecule has 1 aromatic heterocycles. The summed E-state index contributed by atoms with van der Waals surface area (Å²) in [5, 5.41) is 5.23. The second-order valence-corrected chi connectivity index (χ2v) is 8.79. The minimum Gasteiger partial charge on any atom is -0.485 e. The van der Waals surface area contributed by atoms with Gasteiger partial charge in [0.2, 0.25) is 0 Å². The minimum absolute atomic E-state index is 0.0994. The van der Waals surface area contributed by atoms with Crippen LogP contribution in [0.15, 0.2) is 53.9 Å². The Bertz CT molecular complexity index is 1210. The highest BCUT2D eigenvalue weighted by molar-refractivity contribution is 7.09. The van der Waals surface area contributed by atoms with Crippen LogP contribution in [0.4, 0.5) is 5.69 Å². The van der Waals surface area contributed by atoms with Crippen molar-refractivity contribution in [2.75, 3.05) is 18.1 Å². The highest BCUT2D eigenvalue weighted by Gasteiger charge is 2.29. The number of anilines is 1. The summed E-state index contributed by atoms with van der Waals surface area (Å²) < 4.78 is 11.1. The number of carbonyl (C=O) groups excluding carboxylic acids is 3. The number of Topliss-reactive ketones (excluding diaryl/α,β-unsaturated/α-hetero) is 1. The quantitative estimate of drug-likeness (QED) is 0.515. The Morgan fingerprint density at radius 1 is 1.18 bits per heavy atom. The molecule has 1 aliphatic heterocycles. The van der Waals surface area contributed by atoms with Gasteiger partial charge in [0.1, 0.15) is 22.2 Å². The molecule has 1 saturated carbocycles. The van der Waals surface area contributed by atoms with Crippen LogP contribution in [0.25, 0.3) is 0 Å². The molecule has 8 nitrogen and oxygen atoms in total. The van der Waals surface area contributed by atoms with Crippen molar-refractivity contribution in [3.8, 4) is 11.5 Å². The second kappa shape index (κ2) is 9.03. The zero-order chi connectivity index (χ0) is 22.8. The number of aromatic nitrogens is 1. The van der Waals surface area contributed by atoms with Crippen LogP contribution in [0, 0.1) is 0 Å². The van der Waals surface area contributed by atoms with E-state index in [1.54, 1.807) is 35.7 Å². The summed E-state index contributed by atoms with van der Waals surface area (Å²) in [5.41, 5.74) is 1.26. The molecule has 0 atom stereocenters. The lowest BCUT2D eigenvalue weighted by molar-refractivity contribution is -0.121. The first-order chi connectivity index (χ1) is 16.1. The van der Waals surface area contributed by atoms with E-state index in [1.165, 1.54) is 16.2 Å². The van der Waals surface area contributed by atoms with Gasteiger partial charge in [0, 0.05) is 17.0 Å². The molecule has 9 heteroatoms. The van der Waals surface area contributed by atoms with Crippen LogP contribution in [0.2, 0.25) is 0 Å². The van der Waals surface area contributed by atoms with E-state index in [4.69, 9.17) is 9.47 Å². The van der Waals surface area contributed by atoms with Crippen molar-refractivity contribution in [3.63, 3.8) is 0 Å². The second-order valence-electron chi connectivity index (χ2n) is 7.85. The molecule has 1 N–H and O–H groups in total. The molecule has 2 aromatic carbocycles. The van der Waals surface area contributed by atoms with Crippen molar-refractivity contribution >= 4 is 34.6 Å². The van der Waals surface area contributed by atoms with E-state index >= 15 is 0 Å². The zero-order valence-corrected chi connectivity index (χ0v) is 18.5. The predicted molar refractivity (Wildman–Crippen MR) is 122 cm³/mol. The van der Waals surface area contributed by atoms with E-state index in [0.29, 0.717) is 33.5 Å². The number of rotatable bonds is 8. The van der Waals surface area contributed by atoms with E-state index < -0.39 is 0 Å². The number of fused-ring (bicyclic) bond motifs is 1. The van der Waals surface area contributed by atoms with E-state index in [2.05, 4.69) is 10.3 Å². The fraction of sp³-hybridized carbons (Fsp3) is 0.250. The SMILES string of the molecule is O=C(COc1ccccc1)c1ccc2c(c1)N(Cc1nc(C(=O)NC3CC3)cs1)C(=O)CO2. The molecule has 0 radical (unpaired) electrons. The van der Waals surface area contributed by atoms with Crippen LogP contribution >= 0.6 is 11.3 Å². The number of carbonyl (C=O) groups is 3. The van der Waals surface area contributed by atoms with Crippen molar-refractivity contribution in [3.05, 3.63) is 70.2 Å². The standard InChI is InChI=1S/C24H21N3O5S/c28-20(12-31-17-4-2-1-3-5-17)15-6-9-21-19(10-15)27(23(29)13-32-21)11-22-26-18(14-33-22)24(30)25-16-7-8-16/h1-6,9-10,14,16H,7-8,11-13H2,(H,25,30). The smallest absolute Gasteiger partial charge is 0.270 e. The van der Waals surface area contributed by atoms with Gasteiger partial charge in [-0.1, -0.05) is 18.2 Å². The summed E-state index contributed by atoms with van der Waals surface area (Å²) in [4.78, 5) is 43.5. The van der Waals surface area contributed by atoms with Gasteiger partial charge in [-0.05, 0) is 43.2 Å². The molecule has 0 bridgehead atoms. The molecule has 0 saturated heterocycles. The first-order valence-electron chi connectivity index (χ1n) is 10.6. The zero-order valence-electron chi connectivity index (χ0n) is 17.7. The van der Waals surface area contributed by atoms with Crippen molar-refractivity contribution in [2.24, 2.45) is 0 Å². The molecule has 1 fully saturated rings. The Morgan fingerprint density at radius 2 is 2.00 bits per heavy atom. The summed E-state index contributed by atoms with van der Waals surface area (Å²) in [6, 6.07) is 14.3. The molecule has 2 heterocycles.